The van der Waals surface area contributed by atoms with Crippen molar-refractivity contribution in [2.45, 2.75) is 83.6 Å². The fourth-order valence-electron chi connectivity index (χ4n) is 4.67. The van der Waals surface area contributed by atoms with Crippen LogP contribution in [0.25, 0.3) is 10.9 Å². The lowest BCUT2D eigenvalue weighted by Crippen LogP contribution is -2.44. The van der Waals surface area contributed by atoms with Gasteiger partial charge in [0.2, 0.25) is 5.91 Å². The van der Waals surface area contributed by atoms with E-state index in [4.69, 9.17) is 5.26 Å². The molecule has 1 aromatic heterocycles. The Kier molecular flexibility index (Phi) is 7.14. The number of unbranched alkanes of at least 4 members (excludes halogenated alkanes) is 3. The van der Waals surface area contributed by atoms with Crippen molar-refractivity contribution >= 4 is 16.8 Å². The van der Waals surface area contributed by atoms with Crippen LogP contribution in [0.15, 0.2) is 24.4 Å². The molecule has 150 valence electrons. The number of benzene rings is 1. The van der Waals surface area contributed by atoms with Crippen molar-refractivity contribution in [2.24, 2.45) is 0 Å². The molecule has 2 heterocycles. The largest absolute Gasteiger partial charge is 0.361 e. The second-order valence-electron chi connectivity index (χ2n) is 8.34. The number of piperidine rings is 1. The van der Waals surface area contributed by atoms with Crippen molar-refractivity contribution in [2.75, 3.05) is 6.54 Å². The number of aryl methyl sites for hydroxylation is 1. The van der Waals surface area contributed by atoms with Gasteiger partial charge in [-0.15, -0.1) is 0 Å². The van der Waals surface area contributed by atoms with Gasteiger partial charge in [-0.05, 0) is 62.1 Å². The maximum atomic E-state index is 13.1. The summed E-state index contributed by atoms with van der Waals surface area (Å²) in [5.41, 5.74) is 3.68. The molecule has 0 saturated carbocycles. The van der Waals surface area contributed by atoms with Crippen LogP contribution in [0.3, 0.4) is 0 Å². The maximum absolute atomic E-state index is 13.1. The van der Waals surface area contributed by atoms with Gasteiger partial charge in [-0.25, -0.2) is 0 Å². The lowest BCUT2D eigenvalue weighted by atomic mass is 9.92. The minimum absolute atomic E-state index is 0.209. The molecule has 1 saturated heterocycles. The standard InChI is InChI=1S/C24H33N3O/c1-18-10-9-13-22-24(18)21(17-26-22)19(2)16-23(28)27-15-8-6-12-20(27)11-5-3-4-7-14-25/h9-10,13,17,19-20,26H,3-8,11-12,15-16H2,1-2H3. The summed E-state index contributed by atoms with van der Waals surface area (Å²) in [4.78, 5) is 18.7. The van der Waals surface area contributed by atoms with Crippen LogP contribution in [0, 0.1) is 18.3 Å². The third-order valence-electron chi connectivity index (χ3n) is 6.23. The number of hydrogen-bond acceptors (Lipinski definition) is 2. The number of amides is 1. The number of carbonyl (C=O) groups excluding carboxylic acids is 1. The van der Waals surface area contributed by atoms with E-state index in [0.29, 0.717) is 24.8 Å². The lowest BCUT2D eigenvalue weighted by molar-refractivity contribution is -0.135. The summed E-state index contributed by atoms with van der Waals surface area (Å²) in [7, 11) is 0. The molecule has 28 heavy (non-hydrogen) atoms. The average Bonchev–Trinajstić information content (AvgIpc) is 3.14. The van der Waals surface area contributed by atoms with Gasteiger partial charge in [0, 0.05) is 42.5 Å². The van der Waals surface area contributed by atoms with Crippen molar-refractivity contribution in [3.05, 3.63) is 35.5 Å². The van der Waals surface area contributed by atoms with Crippen LogP contribution in [-0.4, -0.2) is 28.4 Å². The smallest absolute Gasteiger partial charge is 0.223 e. The lowest BCUT2D eigenvalue weighted by Gasteiger charge is -2.36. The van der Waals surface area contributed by atoms with Gasteiger partial charge in [0.05, 0.1) is 6.07 Å². The maximum Gasteiger partial charge on any atom is 0.223 e. The molecule has 4 heteroatoms. The summed E-state index contributed by atoms with van der Waals surface area (Å²) in [6.45, 7) is 5.22. The highest BCUT2D eigenvalue weighted by molar-refractivity contribution is 5.88. The molecule has 0 bridgehead atoms. The van der Waals surface area contributed by atoms with Crippen LogP contribution in [0.2, 0.25) is 0 Å². The predicted molar refractivity (Wildman–Crippen MR) is 114 cm³/mol. The monoisotopic (exact) mass is 379 g/mol. The first kappa shape index (κ1) is 20.5. The fourth-order valence-corrected chi connectivity index (χ4v) is 4.67. The second kappa shape index (κ2) is 9.78. The van der Waals surface area contributed by atoms with E-state index in [1.165, 1.54) is 22.9 Å². The molecule has 2 aromatic rings. The number of nitrogens with zero attached hydrogens (tertiary/aromatic N) is 2. The molecule has 1 amide bonds. The molecule has 2 unspecified atom stereocenters. The molecule has 1 aromatic carbocycles. The Bertz CT molecular complexity index is 832. The number of fused-ring (bicyclic) bond motifs is 1. The Morgan fingerprint density at radius 1 is 1.32 bits per heavy atom. The molecule has 1 aliphatic rings. The molecule has 4 nitrogen and oxygen atoms in total. The molecular weight excluding hydrogens is 346 g/mol. The van der Waals surface area contributed by atoms with E-state index >= 15 is 0 Å². The predicted octanol–water partition coefficient (Wildman–Crippen LogP) is 5.83. The Labute approximate surface area is 168 Å². The van der Waals surface area contributed by atoms with E-state index in [1.54, 1.807) is 0 Å². The molecule has 1 fully saturated rings. The minimum Gasteiger partial charge on any atom is -0.361 e. The van der Waals surface area contributed by atoms with Crippen LogP contribution in [-0.2, 0) is 4.79 Å². The SMILES string of the molecule is Cc1cccc2[nH]cc(C(C)CC(=O)N3CCCCC3CCCCCC#N)c12. The zero-order chi connectivity index (χ0) is 19.9. The quantitative estimate of drug-likeness (QED) is 0.587. The summed E-state index contributed by atoms with van der Waals surface area (Å²) < 4.78 is 0. The minimum atomic E-state index is 0.209. The molecule has 0 aliphatic carbocycles. The summed E-state index contributed by atoms with van der Waals surface area (Å²) in [6, 6.07) is 8.92. The summed E-state index contributed by atoms with van der Waals surface area (Å²) in [5.74, 6) is 0.512. The van der Waals surface area contributed by atoms with E-state index in [1.807, 2.05) is 0 Å². The molecule has 1 N–H and O–H groups in total. The van der Waals surface area contributed by atoms with Crippen molar-refractivity contribution < 1.29 is 4.79 Å². The molecule has 1 aliphatic heterocycles. The van der Waals surface area contributed by atoms with Crippen molar-refractivity contribution in [3.63, 3.8) is 0 Å². The van der Waals surface area contributed by atoms with Crippen LogP contribution < -0.4 is 0 Å². The normalized spacial score (nSPS) is 18.2. The van der Waals surface area contributed by atoms with Gasteiger partial charge in [0.1, 0.15) is 0 Å². The highest BCUT2D eigenvalue weighted by Crippen LogP contribution is 2.31. The van der Waals surface area contributed by atoms with Crippen molar-refractivity contribution in [3.8, 4) is 6.07 Å². The third kappa shape index (κ3) is 4.76. The summed E-state index contributed by atoms with van der Waals surface area (Å²) in [6.07, 6.45) is 11.1. The average molecular weight is 380 g/mol. The Morgan fingerprint density at radius 3 is 3.00 bits per heavy atom. The summed E-state index contributed by atoms with van der Waals surface area (Å²) >= 11 is 0. The first-order valence-electron chi connectivity index (χ1n) is 10.8. The number of likely N-dealkylation sites (tertiary alicyclic amines) is 1. The molecule has 3 rings (SSSR count). The highest BCUT2D eigenvalue weighted by atomic mass is 16.2. The molecule has 0 radical (unpaired) electrons. The number of hydrogen-bond donors (Lipinski definition) is 1. The fraction of sp³-hybridized carbons (Fsp3) is 0.583. The second-order valence-corrected chi connectivity index (χ2v) is 8.34. The van der Waals surface area contributed by atoms with E-state index < -0.39 is 0 Å². The van der Waals surface area contributed by atoms with Crippen molar-refractivity contribution in [1.82, 2.24) is 9.88 Å². The van der Waals surface area contributed by atoms with Crippen LogP contribution in [0.1, 0.15) is 81.8 Å². The molecule has 2 atom stereocenters. The zero-order valence-corrected chi connectivity index (χ0v) is 17.3. The molecular formula is C24H33N3O. The van der Waals surface area contributed by atoms with E-state index in [0.717, 1.165) is 50.6 Å². The number of aromatic nitrogens is 1. The van der Waals surface area contributed by atoms with Crippen LogP contribution >= 0.6 is 0 Å². The van der Waals surface area contributed by atoms with Gasteiger partial charge in [-0.2, -0.15) is 5.26 Å². The Hall–Kier alpha value is -2.28. The van der Waals surface area contributed by atoms with Gasteiger partial charge in [-0.1, -0.05) is 31.9 Å². The van der Waals surface area contributed by atoms with Gasteiger partial charge in [-0.3, -0.25) is 4.79 Å². The highest BCUT2D eigenvalue weighted by Gasteiger charge is 2.28. The third-order valence-corrected chi connectivity index (χ3v) is 6.23. The zero-order valence-electron chi connectivity index (χ0n) is 17.3. The number of nitrogens with one attached hydrogen (secondary N) is 1. The molecule has 0 spiro atoms. The van der Waals surface area contributed by atoms with E-state index in [-0.39, 0.29) is 5.92 Å². The van der Waals surface area contributed by atoms with E-state index in [9.17, 15) is 4.79 Å². The van der Waals surface area contributed by atoms with E-state index in [2.05, 4.69) is 54.2 Å². The Balaban J connectivity index is 1.62. The number of rotatable bonds is 8. The van der Waals surface area contributed by atoms with Gasteiger partial charge in [0.15, 0.2) is 0 Å². The Morgan fingerprint density at radius 2 is 2.18 bits per heavy atom. The van der Waals surface area contributed by atoms with Gasteiger partial charge in [0.25, 0.3) is 0 Å². The first-order valence-corrected chi connectivity index (χ1v) is 10.8. The number of nitriles is 1. The van der Waals surface area contributed by atoms with Crippen LogP contribution in [0.4, 0.5) is 0 Å². The number of carbonyl (C=O) groups is 1. The first-order chi connectivity index (χ1) is 13.6. The summed E-state index contributed by atoms with van der Waals surface area (Å²) in [5, 5.41) is 9.94. The number of H-pyrrole nitrogens is 1. The topological polar surface area (TPSA) is 59.9 Å². The van der Waals surface area contributed by atoms with Crippen molar-refractivity contribution in [1.29, 1.82) is 5.26 Å². The van der Waals surface area contributed by atoms with Crippen LogP contribution in [0.5, 0.6) is 0 Å². The van der Waals surface area contributed by atoms with Gasteiger partial charge >= 0.3 is 0 Å². The number of aromatic amines is 1. The van der Waals surface area contributed by atoms with Gasteiger partial charge < -0.3 is 9.88 Å².